The van der Waals surface area contributed by atoms with Crippen molar-refractivity contribution in [3.05, 3.63) is 198 Å². The van der Waals surface area contributed by atoms with E-state index in [1.807, 2.05) is 23.1 Å². The van der Waals surface area contributed by atoms with Crippen LogP contribution < -0.4 is 4.90 Å². The molecule has 2 aliphatic rings. The molecule has 1 aliphatic heterocycles. The van der Waals surface area contributed by atoms with E-state index in [4.69, 9.17) is 4.42 Å². The minimum Gasteiger partial charge on any atom is -0.456 e. The van der Waals surface area contributed by atoms with Crippen LogP contribution in [0, 0.1) is 0 Å². The number of rotatable bonds is 3. The molecule has 0 atom stereocenters. The van der Waals surface area contributed by atoms with Crippen LogP contribution in [-0.2, 0) is 5.41 Å². The Kier molecular flexibility index (Phi) is 6.11. The summed E-state index contributed by atoms with van der Waals surface area (Å²) in [6.45, 7) is 0. The first kappa shape index (κ1) is 29.5. The van der Waals surface area contributed by atoms with Crippen molar-refractivity contribution in [2.75, 3.05) is 4.90 Å². The molecule has 0 fully saturated rings. The standard InChI is InChI=1S/C49H29NOS2/c1-2-13-30(14-3-1)50(31-25-26-45-35(27-31)33-16-5-9-22-44(33)52-45)41-20-12-21-42-48(41)36-28-34-32-15-4-6-17-37(32)49(40(34)29-43(36)51-42)38-18-7-10-23-46(38)53-47-24-11-8-19-39(47)49/h1-29H. The molecule has 0 bridgehead atoms. The van der Waals surface area contributed by atoms with Gasteiger partial charge in [0, 0.05) is 46.7 Å². The first-order valence-electron chi connectivity index (χ1n) is 18.0. The molecule has 0 amide bonds. The molecule has 2 nitrogen and oxygen atoms in total. The molecule has 0 N–H and O–H groups in total. The van der Waals surface area contributed by atoms with Crippen LogP contribution in [0.25, 0.3) is 53.2 Å². The predicted molar refractivity (Wildman–Crippen MR) is 223 cm³/mol. The minimum absolute atomic E-state index is 0.449. The summed E-state index contributed by atoms with van der Waals surface area (Å²) in [5.41, 5.74) is 12.5. The summed E-state index contributed by atoms with van der Waals surface area (Å²) in [5.74, 6) is 0. The molecule has 2 aromatic heterocycles. The van der Waals surface area contributed by atoms with Gasteiger partial charge in [-0.15, -0.1) is 11.3 Å². The third kappa shape index (κ3) is 4.00. The van der Waals surface area contributed by atoms with Crippen molar-refractivity contribution in [2.45, 2.75) is 15.2 Å². The van der Waals surface area contributed by atoms with Gasteiger partial charge in [-0.05, 0) is 106 Å². The minimum atomic E-state index is -0.449. The molecule has 3 heterocycles. The molecular formula is C49H29NOS2. The molecule has 248 valence electrons. The van der Waals surface area contributed by atoms with E-state index in [2.05, 4.69) is 181 Å². The Morgan fingerprint density at radius 2 is 1.13 bits per heavy atom. The largest absolute Gasteiger partial charge is 0.456 e. The lowest BCUT2D eigenvalue weighted by Gasteiger charge is -2.39. The molecule has 1 spiro atoms. The van der Waals surface area contributed by atoms with E-state index in [0.717, 1.165) is 39.0 Å². The maximum absolute atomic E-state index is 6.93. The maximum atomic E-state index is 6.93. The fourth-order valence-corrected chi connectivity index (χ4v) is 11.5. The van der Waals surface area contributed by atoms with Crippen molar-refractivity contribution in [1.29, 1.82) is 0 Å². The lowest BCUT2D eigenvalue weighted by Crippen LogP contribution is -2.31. The van der Waals surface area contributed by atoms with Gasteiger partial charge in [0.05, 0.1) is 16.5 Å². The van der Waals surface area contributed by atoms with Crippen LogP contribution in [-0.4, -0.2) is 0 Å². The molecule has 4 heteroatoms. The van der Waals surface area contributed by atoms with E-state index in [1.54, 1.807) is 0 Å². The van der Waals surface area contributed by atoms with Gasteiger partial charge in [0.1, 0.15) is 11.2 Å². The van der Waals surface area contributed by atoms with Gasteiger partial charge in [-0.2, -0.15) is 0 Å². The van der Waals surface area contributed by atoms with Crippen molar-refractivity contribution in [3.8, 4) is 11.1 Å². The Morgan fingerprint density at radius 1 is 0.434 bits per heavy atom. The number of hydrogen-bond donors (Lipinski definition) is 0. The number of thiophene rings is 1. The van der Waals surface area contributed by atoms with Gasteiger partial charge in [0.25, 0.3) is 0 Å². The van der Waals surface area contributed by atoms with Gasteiger partial charge in [0.15, 0.2) is 0 Å². The molecule has 53 heavy (non-hydrogen) atoms. The predicted octanol–water partition coefficient (Wildman–Crippen LogP) is 14.3. The number of furan rings is 1. The first-order valence-corrected chi connectivity index (χ1v) is 19.6. The fraction of sp³-hybridized carbons (Fsp3) is 0.0204. The number of nitrogens with zero attached hydrogens (tertiary/aromatic N) is 1. The van der Waals surface area contributed by atoms with E-state index in [-0.39, 0.29) is 0 Å². The molecule has 1 aliphatic carbocycles. The van der Waals surface area contributed by atoms with Gasteiger partial charge in [-0.25, -0.2) is 0 Å². The smallest absolute Gasteiger partial charge is 0.137 e. The van der Waals surface area contributed by atoms with E-state index in [9.17, 15) is 0 Å². The van der Waals surface area contributed by atoms with Crippen LogP contribution in [0.4, 0.5) is 17.1 Å². The quantitative estimate of drug-likeness (QED) is 0.182. The van der Waals surface area contributed by atoms with E-state index in [1.165, 1.54) is 63.3 Å². The van der Waals surface area contributed by atoms with Gasteiger partial charge in [0.2, 0.25) is 0 Å². The van der Waals surface area contributed by atoms with Crippen LogP contribution in [0.1, 0.15) is 22.3 Å². The second kappa shape index (κ2) is 11.0. The van der Waals surface area contributed by atoms with Crippen molar-refractivity contribution >= 4 is 82.3 Å². The summed E-state index contributed by atoms with van der Waals surface area (Å²) >= 11 is 3.73. The summed E-state index contributed by atoms with van der Waals surface area (Å²) in [6.07, 6.45) is 0. The highest BCUT2D eigenvalue weighted by atomic mass is 32.2. The zero-order chi connectivity index (χ0) is 34.7. The topological polar surface area (TPSA) is 16.4 Å². The van der Waals surface area contributed by atoms with Gasteiger partial charge in [-0.3, -0.25) is 0 Å². The Labute approximate surface area is 314 Å². The molecule has 0 saturated carbocycles. The Hall–Kier alpha value is -6.07. The van der Waals surface area contributed by atoms with Gasteiger partial charge >= 0.3 is 0 Å². The normalized spacial score (nSPS) is 13.7. The fourth-order valence-electron chi connectivity index (χ4n) is 9.20. The van der Waals surface area contributed by atoms with E-state index >= 15 is 0 Å². The molecular weight excluding hydrogens is 683 g/mol. The first-order chi connectivity index (χ1) is 26.3. The van der Waals surface area contributed by atoms with Crippen molar-refractivity contribution < 1.29 is 4.42 Å². The second-order valence-corrected chi connectivity index (χ2v) is 16.2. The number of hydrogen-bond acceptors (Lipinski definition) is 4. The summed E-state index contributed by atoms with van der Waals surface area (Å²) in [7, 11) is 0. The Morgan fingerprint density at radius 3 is 1.96 bits per heavy atom. The summed E-state index contributed by atoms with van der Waals surface area (Å²) in [4.78, 5) is 5.00. The van der Waals surface area contributed by atoms with Crippen LogP contribution in [0.5, 0.6) is 0 Å². The third-order valence-corrected chi connectivity index (χ3v) is 13.6. The molecule has 10 aromatic rings. The monoisotopic (exact) mass is 711 g/mol. The lowest BCUT2D eigenvalue weighted by molar-refractivity contribution is 0.664. The van der Waals surface area contributed by atoms with Crippen molar-refractivity contribution in [3.63, 3.8) is 0 Å². The van der Waals surface area contributed by atoms with Gasteiger partial charge in [-0.1, -0.05) is 115 Å². The Balaban J connectivity index is 1.15. The second-order valence-electron chi connectivity index (χ2n) is 14.0. The number of anilines is 3. The zero-order valence-electron chi connectivity index (χ0n) is 28.4. The van der Waals surface area contributed by atoms with E-state index < -0.39 is 5.41 Å². The number of fused-ring (bicyclic) bond motifs is 15. The zero-order valence-corrected chi connectivity index (χ0v) is 30.0. The third-order valence-electron chi connectivity index (χ3n) is 11.3. The highest BCUT2D eigenvalue weighted by Gasteiger charge is 2.50. The van der Waals surface area contributed by atoms with Crippen LogP contribution in [0.2, 0.25) is 0 Å². The lowest BCUT2D eigenvalue weighted by atomic mass is 9.67. The highest BCUT2D eigenvalue weighted by Crippen LogP contribution is 2.63. The number of benzene rings is 8. The highest BCUT2D eigenvalue weighted by molar-refractivity contribution is 7.99. The molecule has 0 unspecified atom stereocenters. The van der Waals surface area contributed by atoms with Gasteiger partial charge < -0.3 is 9.32 Å². The van der Waals surface area contributed by atoms with Crippen LogP contribution in [0.15, 0.2) is 190 Å². The maximum Gasteiger partial charge on any atom is 0.137 e. The average Bonchev–Trinajstić information content (AvgIpc) is 3.86. The Bertz CT molecular complexity index is 3070. The summed E-state index contributed by atoms with van der Waals surface area (Å²) < 4.78 is 9.54. The average molecular weight is 712 g/mol. The molecule has 0 saturated heterocycles. The van der Waals surface area contributed by atoms with Crippen molar-refractivity contribution in [1.82, 2.24) is 0 Å². The molecule has 8 aromatic carbocycles. The SMILES string of the molecule is c1ccc(N(c2ccc3sc4ccccc4c3c2)c2cccc3oc4cc5c(cc4c23)-c2ccccc2C52c3ccccc3Sc3ccccc32)cc1. The van der Waals surface area contributed by atoms with E-state index in [0.29, 0.717) is 0 Å². The molecule has 12 rings (SSSR count). The number of para-hydroxylation sites is 1. The summed E-state index contributed by atoms with van der Waals surface area (Å²) in [6, 6.07) is 64.6. The van der Waals surface area contributed by atoms with Crippen molar-refractivity contribution in [2.24, 2.45) is 0 Å². The summed E-state index contributed by atoms with van der Waals surface area (Å²) in [5, 5.41) is 4.81. The van der Waals surface area contributed by atoms with Crippen LogP contribution in [0.3, 0.4) is 0 Å². The van der Waals surface area contributed by atoms with Crippen LogP contribution >= 0.6 is 23.1 Å². The molecule has 0 radical (unpaired) electrons.